The van der Waals surface area contributed by atoms with Crippen molar-refractivity contribution < 1.29 is 9.47 Å². The molecule has 18 heavy (non-hydrogen) atoms. The van der Waals surface area contributed by atoms with E-state index in [9.17, 15) is 0 Å². The maximum Gasteiger partial charge on any atom is 0.170 e. The lowest BCUT2D eigenvalue weighted by molar-refractivity contribution is -0.185. The number of likely N-dealkylation sites (tertiary alicyclic amines) is 1. The van der Waals surface area contributed by atoms with Crippen LogP contribution < -0.4 is 5.73 Å². The molecule has 0 atom stereocenters. The van der Waals surface area contributed by atoms with Gasteiger partial charge in [-0.1, -0.05) is 0 Å². The number of aromatic nitrogens is 2. The zero-order valence-corrected chi connectivity index (χ0v) is 10.5. The van der Waals surface area contributed by atoms with Crippen molar-refractivity contribution in [3.05, 3.63) is 12.4 Å². The van der Waals surface area contributed by atoms with Crippen molar-refractivity contribution in [3.63, 3.8) is 0 Å². The number of nitrogen functional groups attached to an aromatic ring is 1. The Balaban J connectivity index is 1.45. The summed E-state index contributed by atoms with van der Waals surface area (Å²) in [5, 5.41) is 4.19. The highest BCUT2D eigenvalue weighted by molar-refractivity contribution is 5.30. The Morgan fingerprint density at radius 2 is 1.94 bits per heavy atom. The predicted molar refractivity (Wildman–Crippen MR) is 66.9 cm³/mol. The highest BCUT2D eigenvalue weighted by atomic mass is 16.7. The smallest absolute Gasteiger partial charge is 0.170 e. The van der Waals surface area contributed by atoms with E-state index in [0.717, 1.165) is 57.9 Å². The van der Waals surface area contributed by atoms with Crippen LogP contribution in [-0.2, 0) is 16.0 Å². The molecule has 3 heterocycles. The molecule has 100 valence electrons. The van der Waals surface area contributed by atoms with E-state index in [1.807, 2.05) is 10.9 Å². The van der Waals surface area contributed by atoms with Gasteiger partial charge in [-0.25, -0.2) is 0 Å². The minimum Gasteiger partial charge on any atom is -0.396 e. The number of ether oxygens (including phenoxy) is 2. The fourth-order valence-electron chi connectivity index (χ4n) is 2.65. The van der Waals surface area contributed by atoms with Gasteiger partial charge < -0.3 is 20.1 Å². The molecular formula is C12H20N4O2. The van der Waals surface area contributed by atoms with Crippen molar-refractivity contribution in [2.45, 2.75) is 25.2 Å². The largest absolute Gasteiger partial charge is 0.396 e. The average Bonchev–Trinajstić information content (AvgIpc) is 2.99. The van der Waals surface area contributed by atoms with Gasteiger partial charge in [0.2, 0.25) is 0 Å². The molecule has 0 saturated carbocycles. The van der Waals surface area contributed by atoms with Gasteiger partial charge in [-0.3, -0.25) is 4.68 Å². The van der Waals surface area contributed by atoms with Gasteiger partial charge >= 0.3 is 0 Å². The molecule has 2 aliphatic rings. The highest BCUT2D eigenvalue weighted by Crippen LogP contribution is 2.30. The number of rotatable bonds is 3. The van der Waals surface area contributed by atoms with Crippen molar-refractivity contribution in [2.24, 2.45) is 0 Å². The molecule has 0 amide bonds. The number of nitrogens with zero attached hydrogens (tertiary/aromatic N) is 3. The van der Waals surface area contributed by atoms with E-state index in [1.54, 1.807) is 6.20 Å². The molecule has 1 aromatic rings. The SMILES string of the molecule is Nc1cnn(CCN2CCC3(CC2)OCCO3)c1. The summed E-state index contributed by atoms with van der Waals surface area (Å²) in [5.41, 5.74) is 6.36. The van der Waals surface area contributed by atoms with Crippen LogP contribution in [0.5, 0.6) is 0 Å². The maximum absolute atomic E-state index is 5.71. The first-order valence-electron chi connectivity index (χ1n) is 6.54. The van der Waals surface area contributed by atoms with E-state index in [1.165, 1.54) is 0 Å². The molecule has 0 bridgehead atoms. The van der Waals surface area contributed by atoms with E-state index in [4.69, 9.17) is 15.2 Å². The zero-order valence-electron chi connectivity index (χ0n) is 10.5. The number of hydrogen-bond acceptors (Lipinski definition) is 5. The first kappa shape index (κ1) is 12.0. The van der Waals surface area contributed by atoms with Crippen LogP contribution in [0.2, 0.25) is 0 Å². The molecule has 1 spiro atoms. The van der Waals surface area contributed by atoms with Crippen molar-refractivity contribution >= 4 is 5.69 Å². The third kappa shape index (κ3) is 2.50. The van der Waals surface area contributed by atoms with Gasteiger partial charge in [-0.05, 0) is 0 Å². The van der Waals surface area contributed by atoms with Gasteiger partial charge in [0.15, 0.2) is 5.79 Å². The van der Waals surface area contributed by atoms with Crippen LogP contribution in [0.15, 0.2) is 12.4 Å². The van der Waals surface area contributed by atoms with Crippen LogP contribution in [0, 0.1) is 0 Å². The van der Waals surface area contributed by atoms with E-state index in [0.29, 0.717) is 0 Å². The summed E-state index contributed by atoms with van der Waals surface area (Å²) in [6.45, 7) is 5.41. The molecule has 0 unspecified atom stereocenters. The van der Waals surface area contributed by atoms with Gasteiger partial charge in [0.25, 0.3) is 0 Å². The fraction of sp³-hybridized carbons (Fsp3) is 0.750. The summed E-state index contributed by atoms with van der Waals surface area (Å²) >= 11 is 0. The van der Waals surface area contributed by atoms with E-state index < -0.39 is 0 Å². The molecule has 3 rings (SSSR count). The Bertz CT molecular complexity index is 391. The van der Waals surface area contributed by atoms with Gasteiger partial charge in [-0.15, -0.1) is 0 Å². The Morgan fingerprint density at radius 1 is 1.22 bits per heavy atom. The molecule has 2 fully saturated rings. The third-order valence-corrected chi connectivity index (χ3v) is 3.73. The normalized spacial score (nSPS) is 23.8. The molecule has 6 heteroatoms. The van der Waals surface area contributed by atoms with E-state index >= 15 is 0 Å². The molecule has 0 aliphatic carbocycles. The highest BCUT2D eigenvalue weighted by Gasteiger charge is 2.39. The average molecular weight is 252 g/mol. The van der Waals surface area contributed by atoms with Gasteiger partial charge in [0.05, 0.1) is 31.6 Å². The number of hydrogen-bond donors (Lipinski definition) is 1. The standard InChI is InChI=1S/C12H20N4O2/c13-11-9-14-16(10-11)6-5-15-3-1-12(2-4-15)17-7-8-18-12/h9-10H,1-8,13H2. The lowest BCUT2D eigenvalue weighted by atomic mass is 10.0. The molecule has 0 radical (unpaired) electrons. The topological polar surface area (TPSA) is 65.5 Å². The summed E-state index contributed by atoms with van der Waals surface area (Å²) in [6.07, 6.45) is 5.49. The van der Waals surface area contributed by atoms with Crippen molar-refractivity contribution in [1.82, 2.24) is 14.7 Å². The second kappa shape index (κ2) is 4.87. The summed E-state index contributed by atoms with van der Waals surface area (Å²) in [5.74, 6) is -0.271. The van der Waals surface area contributed by atoms with Gasteiger partial charge in [0, 0.05) is 38.7 Å². The fourth-order valence-corrected chi connectivity index (χ4v) is 2.65. The second-order valence-corrected chi connectivity index (χ2v) is 4.99. The lowest BCUT2D eigenvalue weighted by Crippen LogP contribution is -2.45. The second-order valence-electron chi connectivity index (χ2n) is 4.99. The predicted octanol–water partition coefficient (Wildman–Crippen LogP) is 0.304. The zero-order chi connectivity index (χ0) is 12.4. The quantitative estimate of drug-likeness (QED) is 0.838. The van der Waals surface area contributed by atoms with Crippen molar-refractivity contribution in [1.29, 1.82) is 0 Å². The van der Waals surface area contributed by atoms with Crippen LogP contribution in [0.4, 0.5) is 5.69 Å². The summed E-state index contributed by atoms with van der Waals surface area (Å²) in [6, 6.07) is 0. The van der Waals surface area contributed by atoms with Gasteiger partial charge in [0.1, 0.15) is 0 Å². The minimum atomic E-state index is -0.271. The Hall–Kier alpha value is -1.11. The van der Waals surface area contributed by atoms with Crippen molar-refractivity contribution in [3.8, 4) is 0 Å². The van der Waals surface area contributed by atoms with Gasteiger partial charge in [-0.2, -0.15) is 5.10 Å². The first-order valence-corrected chi connectivity index (χ1v) is 6.54. The molecule has 2 aliphatic heterocycles. The summed E-state index contributed by atoms with van der Waals surface area (Å²) in [7, 11) is 0. The third-order valence-electron chi connectivity index (χ3n) is 3.73. The molecule has 0 aromatic carbocycles. The van der Waals surface area contributed by atoms with Crippen LogP contribution in [-0.4, -0.2) is 53.3 Å². The Labute approximate surface area is 107 Å². The number of anilines is 1. The van der Waals surface area contributed by atoms with E-state index in [2.05, 4.69) is 10.00 Å². The van der Waals surface area contributed by atoms with E-state index in [-0.39, 0.29) is 5.79 Å². The van der Waals surface area contributed by atoms with Crippen LogP contribution >= 0.6 is 0 Å². The van der Waals surface area contributed by atoms with Crippen LogP contribution in [0.25, 0.3) is 0 Å². The summed E-state index contributed by atoms with van der Waals surface area (Å²) < 4.78 is 13.3. The Morgan fingerprint density at radius 3 is 2.56 bits per heavy atom. The lowest BCUT2D eigenvalue weighted by Gasteiger charge is -2.37. The molecule has 1 aromatic heterocycles. The monoisotopic (exact) mass is 252 g/mol. The molecule has 2 N–H and O–H groups in total. The van der Waals surface area contributed by atoms with Crippen molar-refractivity contribution in [2.75, 3.05) is 38.6 Å². The van der Waals surface area contributed by atoms with Crippen LogP contribution in [0.1, 0.15) is 12.8 Å². The summed E-state index contributed by atoms with van der Waals surface area (Å²) in [4.78, 5) is 2.42. The minimum absolute atomic E-state index is 0.271. The Kier molecular flexibility index (Phi) is 3.23. The maximum atomic E-state index is 5.71. The number of piperidine rings is 1. The molecule has 2 saturated heterocycles. The molecule has 6 nitrogen and oxygen atoms in total. The first-order chi connectivity index (χ1) is 8.76. The molecular weight excluding hydrogens is 232 g/mol. The van der Waals surface area contributed by atoms with Crippen LogP contribution in [0.3, 0.4) is 0 Å². The number of nitrogens with two attached hydrogens (primary N) is 1.